The number of carbonyl (C=O) groups is 1. The molecule has 0 aliphatic heterocycles. The quantitative estimate of drug-likeness (QED) is 0.373. The average Bonchev–Trinajstić information content (AvgIpc) is 3.48. The number of imidazole rings is 1. The van der Waals surface area contributed by atoms with Crippen LogP contribution in [-0.2, 0) is 6.18 Å². The van der Waals surface area contributed by atoms with Crippen LogP contribution in [0.15, 0.2) is 77.6 Å². The zero-order valence-corrected chi connectivity index (χ0v) is 17.7. The van der Waals surface area contributed by atoms with Gasteiger partial charge in [0.25, 0.3) is 11.8 Å². The van der Waals surface area contributed by atoms with Gasteiger partial charge >= 0.3 is 6.18 Å². The summed E-state index contributed by atoms with van der Waals surface area (Å²) in [4.78, 5) is 21.4. The number of benzene rings is 2. The van der Waals surface area contributed by atoms with Gasteiger partial charge in [0.2, 0.25) is 5.82 Å². The molecule has 7 nitrogen and oxygen atoms in total. The third-order valence-electron chi connectivity index (χ3n) is 5.28. The molecule has 0 saturated carbocycles. The third-order valence-corrected chi connectivity index (χ3v) is 5.28. The van der Waals surface area contributed by atoms with E-state index in [1.165, 1.54) is 18.3 Å². The summed E-state index contributed by atoms with van der Waals surface area (Å²) < 4.78 is 45.4. The summed E-state index contributed by atoms with van der Waals surface area (Å²) in [7, 11) is 0. The summed E-state index contributed by atoms with van der Waals surface area (Å²) in [6.45, 7) is 1.84. The minimum atomic E-state index is -4.42. The zero-order valence-electron chi connectivity index (χ0n) is 17.7. The Labute approximate surface area is 190 Å². The number of alkyl halides is 3. The van der Waals surface area contributed by atoms with Crippen LogP contribution in [0.3, 0.4) is 0 Å². The van der Waals surface area contributed by atoms with Crippen LogP contribution in [-0.4, -0.2) is 25.4 Å². The van der Waals surface area contributed by atoms with E-state index in [9.17, 15) is 18.0 Å². The lowest BCUT2D eigenvalue weighted by Crippen LogP contribution is -2.15. The van der Waals surface area contributed by atoms with Crippen LogP contribution < -0.4 is 5.32 Å². The van der Waals surface area contributed by atoms with Crippen LogP contribution in [0.5, 0.6) is 0 Å². The van der Waals surface area contributed by atoms with Gasteiger partial charge in [-0.05, 0) is 48.9 Å². The summed E-state index contributed by atoms with van der Waals surface area (Å²) in [5.41, 5.74) is 2.56. The van der Waals surface area contributed by atoms with Crippen molar-refractivity contribution in [2.24, 2.45) is 0 Å². The summed E-state index contributed by atoms with van der Waals surface area (Å²) in [6, 6.07) is 15.2. The van der Waals surface area contributed by atoms with Crippen LogP contribution in [0.25, 0.3) is 28.5 Å². The lowest BCUT2D eigenvalue weighted by molar-refractivity contribution is -0.137. The van der Waals surface area contributed by atoms with Gasteiger partial charge in [-0.15, -0.1) is 0 Å². The number of amides is 1. The lowest BCUT2D eigenvalue weighted by atomic mass is 10.1. The molecule has 0 fully saturated rings. The highest BCUT2D eigenvalue weighted by atomic mass is 19.4. The van der Waals surface area contributed by atoms with Crippen molar-refractivity contribution in [2.45, 2.75) is 13.1 Å². The van der Waals surface area contributed by atoms with Gasteiger partial charge in [0, 0.05) is 23.0 Å². The molecule has 0 aliphatic rings. The maximum atomic E-state index is 12.9. The van der Waals surface area contributed by atoms with Crippen LogP contribution in [0.2, 0.25) is 0 Å². The third kappa shape index (κ3) is 4.01. The zero-order chi connectivity index (χ0) is 23.9. The summed E-state index contributed by atoms with van der Waals surface area (Å²) in [5.74, 6) is -0.0178. The Bertz CT molecular complexity index is 1500. The Morgan fingerprint density at radius 1 is 1.03 bits per heavy atom. The van der Waals surface area contributed by atoms with Gasteiger partial charge in [-0.2, -0.15) is 18.2 Å². The van der Waals surface area contributed by atoms with E-state index in [4.69, 9.17) is 4.52 Å². The fraction of sp³-hybridized carbons (Fsp3) is 0.0833. The summed E-state index contributed by atoms with van der Waals surface area (Å²) in [5, 5.41) is 6.75. The predicted molar refractivity (Wildman–Crippen MR) is 118 cm³/mol. The van der Waals surface area contributed by atoms with E-state index >= 15 is 0 Å². The minimum absolute atomic E-state index is 0.153. The highest BCUT2D eigenvalue weighted by Crippen LogP contribution is 2.31. The number of hydrogen-bond acceptors (Lipinski definition) is 5. The van der Waals surface area contributed by atoms with E-state index in [0.29, 0.717) is 28.2 Å². The highest BCUT2D eigenvalue weighted by molar-refractivity contribution is 6.04. The fourth-order valence-electron chi connectivity index (χ4n) is 3.44. The molecule has 10 heteroatoms. The molecule has 2 aromatic carbocycles. The molecule has 3 heterocycles. The maximum Gasteiger partial charge on any atom is 0.416 e. The number of fused-ring (bicyclic) bond motifs is 1. The minimum Gasteiger partial charge on any atom is -0.334 e. The van der Waals surface area contributed by atoms with Crippen LogP contribution >= 0.6 is 0 Å². The molecular weight excluding hydrogens is 447 g/mol. The molecule has 1 amide bonds. The average molecular weight is 463 g/mol. The van der Waals surface area contributed by atoms with Crippen molar-refractivity contribution in [1.82, 2.24) is 19.5 Å². The summed E-state index contributed by atoms with van der Waals surface area (Å²) in [6.07, 6.45) is -1.17. The number of anilines is 1. The number of aromatic nitrogens is 4. The SMILES string of the molecule is Cc1ccc(-c2nc(-c3ccc(C(F)(F)F)cc3)no2)cc1NC(=O)c1cnc2ccccn12. The molecule has 0 radical (unpaired) electrons. The Morgan fingerprint density at radius 2 is 1.79 bits per heavy atom. The molecular formula is C24H16F3N5O2. The molecule has 0 unspecified atom stereocenters. The van der Waals surface area contributed by atoms with E-state index in [1.807, 2.05) is 13.0 Å². The number of pyridine rings is 1. The molecule has 0 aliphatic carbocycles. The Kier molecular flexibility index (Phi) is 5.12. The Morgan fingerprint density at radius 3 is 2.56 bits per heavy atom. The van der Waals surface area contributed by atoms with E-state index in [1.54, 1.807) is 40.9 Å². The Balaban J connectivity index is 1.40. The first-order valence-corrected chi connectivity index (χ1v) is 10.2. The molecule has 5 aromatic rings. The second-order valence-electron chi connectivity index (χ2n) is 7.55. The fourth-order valence-corrected chi connectivity index (χ4v) is 3.44. The number of carbonyl (C=O) groups excluding carboxylic acids is 1. The van der Waals surface area contributed by atoms with E-state index in [-0.39, 0.29) is 17.6 Å². The summed E-state index contributed by atoms with van der Waals surface area (Å²) >= 11 is 0. The standard InChI is InChI=1S/C24H16F3N5O2/c1-14-5-6-16(12-18(14)29-22(33)19-13-28-20-4-2-3-11-32(19)20)23-30-21(31-34-23)15-7-9-17(10-8-15)24(25,26)27/h2-13H,1H3,(H,29,33). The van der Waals surface area contributed by atoms with Crippen molar-refractivity contribution in [1.29, 1.82) is 0 Å². The van der Waals surface area contributed by atoms with Gasteiger partial charge in [0.15, 0.2) is 0 Å². The topological polar surface area (TPSA) is 85.3 Å². The number of halogens is 3. The van der Waals surface area contributed by atoms with Crippen LogP contribution in [0.4, 0.5) is 18.9 Å². The van der Waals surface area contributed by atoms with Crippen LogP contribution in [0.1, 0.15) is 21.6 Å². The molecule has 0 saturated heterocycles. The normalized spacial score (nSPS) is 11.6. The van der Waals surface area contributed by atoms with Crippen molar-refractivity contribution in [3.05, 3.63) is 89.9 Å². The first kappa shape index (κ1) is 21.4. The number of aryl methyl sites for hydroxylation is 1. The van der Waals surface area contributed by atoms with Gasteiger partial charge in [-0.1, -0.05) is 29.4 Å². The van der Waals surface area contributed by atoms with Crippen molar-refractivity contribution >= 4 is 17.2 Å². The molecule has 0 bridgehead atoms. The Hall–Kier alpha value is -4.47. The van der Waals surface area contributed by atoms with Gasteiger partial charge in [0.05, 0.1) is 11.8 Å². The van der Waals surface area contributed by atoms with E-state index < -0.39 is 11.7 Å². The van der Waals surface area contributed by atoms with E-state index in [2.05, 4.69) is 20.4 Å². The molecule has 170 valence electrons. The largest absolute Gasteiger partial charge is 0.416 e. The molecule has 5 rings (SSSR count). The predicted octanol–water partition coefficient (Wildman–Crippen LogP) is 5.63. The first-order chi connectivity index (χ1) is 16.3. The number of nitrogens with one attached hydrogen (secondary N) is 1. The van der Waals surface area contributed by atoms with Gasteiger partial charge < -0.3 is 9.84 Å². The van der Waals surface area contributed by atoms with Crippen LogP contribution in [0, 0.1) is 6.92 Å². The maximum absolute atomic E-state index is 12.9. The smallest absolute Gasteiger partial charge is 0.334 e. The monoisotopic (exact) mass is 463 g/mol. The molecule has 0 atom stereocenters. The highest BCUT2D eigenvalue weighted by Gasteiger charge is 2.30. The second-order valence-corrected chi connectivity index (χ2v) is 7.55. The molecule has 34 heavy (non-hydrogen) atoms. The van der Waals surface area contributed by atoms with Gasteiger partial charge in [-0.3, -0.25) is 9.20 Å². The lowest BCUT2D eigenvalue weighted by Gasteiger charge is -2.09. The number of nitrogens with zero attached hydrogens (tertiary/aromatic N) is 4. The molecule has 3 aromatic heterocycles. The van der Waals surface area contributed by atoms with E-state index in [0.717, 1.165) is 17.7 Å². The molecule has 1 N–H and O–H groups in total. The number of rotatable bonds is 4. The van der Waals surface area contributed by atoms with Crippen molar-refractivity contribution < 1.29 is 22.5 Å². The molecule has 0 spiro atoms. The van der Waals surface area contributed by atoms with Crippen molar-refractivity contribution in [3.63, 3.8) is 0 Å². The van der Waals surface area contributed by atoms with Crippen molar-refractivity contribution in [3.8, 4) is 22.8 Å². The van der Waals surface area contributed by atoms with Gasteiger partial charge in [-0.25, -0.2) is 4.98 Å². The number of hydrogen-bond donors (Lipinski definition) is 1. The van der Waals surface area contributed by atoms with Gasteiger partial charge in [0.1, 0.15) is 11.3 Å². The first-order valence-electron chi connectivity index (χ1n) is 10.2. The van der Waals surface area contributed by atoms with Crippen molar-refractivity contribution in [2.75, 3.05) is 5.32 Å². The second kappa shape index (κ2) is 8.14.